The molecule has 66 valence electrons. The van der Waals surface area contributed by atoms with E-state index in [2.05, 4.69) is 0 Å². The van der Waals surface area contributed by atoms with Crippen molar-refractivity contribution in [1.82, 2.24) is 0 Å². The molecule has 0 aliphatic heterocycles. The Morgan fingerprint density at radius 3 is 2.08 bits per heavy atom. The molecule has 1 rings (SSSR count). The summed E-state index contributed by atoms with van der Waals surface area (Å²) in [6.45, 7) is 5.24. The molecule has 0 nitrogen and oxygen atoms in total. The van der Waals surface area contributed by atoms with E-state index in [-0.39, 0.29) is 0 Å². The maximum absolute atomic E-state index is 13.2. The van der Waals surface area contributed by atoms with Crippen LogP contribution in [-0.4, -0.2) is 5.67 Å². The summed E-state index contributed by atoms with van der Waals surface area (Å²) in [5, 5.41) is 0. The van der Waals surface area contributed by atoms with Gasteiger partial charge >= 0.3 is 0 Å². The van der Waals surface area contributed by atoms with Crippen molar-refractivity contribution in [2.75, 3.05) is 0 Å². The Labute approximate surface area is 73.4 Å². The molecule has 12 heavy (non-hydrogen) atoms. The van der Waals surface area contributed by atoms with Crippen molar-refractivity contribution in [3.63, 3.8) is 0 Å². The normalized spacial score (nSPS) is 11.7. The van der Waals surface area contributed by atoms with Gasteiger partial charge in [-0.25, -0.2) is 4.39 Å². The van der Waals surface area contributed by atoms with Crippen molar-refractivity contribution in [3.05, 3.63) is 35.4 Å². The lowest BCUT2D eigenvalue weighted by atomic mass is 10.00. The van der Waals surface area contributed by atoms with E-state index in [4.69, 9.17) is 0 Å². The fraction of sp³-hybridized carbons (Fsp3) is 0.455. The minimum absolute atomic E-state index is 0.493. The number of aryl methyl sites for hydroxylation is 1. The van der Waals surface area contributed by atoms with Crippen LogP contribution in [0.25, 0.3) is 0 Å². The fourth-order valence-electron chi connectivity index (χ4n) is 1.19. The summed E-state index contributed by atoms with van der Waals surface area (Å²) in [6.07, 6.45) is 0.493. The summed E-state index contributed by atoms with van der Waals surface area (Å²) in [4.78, 5) is 0. The standard InChI is InChI=1S/C11H15F/c1-9-4-6-10(7-5-9)8-11(2,3)12/h4-7H,8H2,1-3H3. The number of hydrogen-bond acceptors (Lipinski definition) is 0. The van der Waals surface area contributed by atoms with Gasteiger partial charge in [0.15, 0.2) is 0 Å². The molecule has 0 aliphatic rings. The Balaban J connectivity index is 2.71. The molecule has 1 aromatic carbocycles. The molecule has 0 aromatic heterocycles. The molecule has 0 amide bonds. The maximum atomic E-state index is 13.2. The molecule has 0 atom stereocenters. The van der Waals surface area contributed by atoms with Crippen LogP contribution in [0.2, 0.25) is 0 Å². The molecule has 0 saturated carbocycles. The molecule has 0 N–H and O–H groups in total. The first kappa shape index (κ1) is 9.24. The Morgan fingerprint density at radius 2 is 1.67 bits per heavy atom. The summed E-state index contributed by atoms with van der Waals surface area (Å²) in [5.41, 5.74) is 1.18. The number of benzene rings is 1. The van der Waals surface area contributed by atoms with E-state index in [0.29, 0.717) is 6.42 Å². The minimum Gasteiger partial charge on any atom is -0.244 e. The van der Waals surface area contributed by atoms with E-state index in [1.807, 2.05) is 31.2 Å². The van der Waals surface area contributed by atoms with Gasteiger partial charge < -0.3 is 0 Å². The van der Waals surface area contributed by atoms with E-state index in [0.717, 1.165) is 5.56 Å². The molecule has 0 unspecified atom stereocenters. The average Bonchev–Trinajstić information content (AvgIpc) is 1.91. The van der Waals surface area contributed by atoms with Gasteiger partial charge in [-0.3, -0.25) is 0 Å². The summed E-state index contributed by atoms with van der Waals surface area (Å²) in [6, 6.07) is 8.00. The maximum Gasteiger partial charge on any atom is 0.109 e. The Morgan fingerprint density at radius 1 is 1.17 bits per heavy atom. The van der Waals surface area contributed by atoms with E-state index in [1.165, 1.54) is 5.56 Å². The topological polar surface area (TPSA) is 0 Å². The lowest BCUT2D eigenvalue weighted by Gasteiger charge is -2.13. The molecule has 0 saturated heterocycles. The van der Waals surface area contributed by atoms with E-state index < -0.39 is 5.67 Å². The van der Waals surface area contributed by atoms with Crippen molar-refractivity contribution in [2.24, 2.45) is 0 Å². The van der Waals surface area contributed by atoms with Crippen LogP contribution in [0.1, 0.15) is 25.0 Å². The van der Waals surface area contributed by atoms with Gasteiger partial charge in [-0.05, 0) is 26.3 Å². The number of alkyl halides is 1. The van der Waals surface area contributed by atoms with Gasteiger partial charge in [0, 0.05) is 6.42 Å². The largest absolute Gasteiger partial charge is 0.244 e. The highest BCUT2D eigenvalue weighted by Crippen LogP contribution is 2.16. The molecule has 1 heteroatoms. The molecule has 0 spiro atoms. The van der Waals surface area contributed by atoms with Crippen LogP contribution in [0.4, 0.5) is 4.39 Å². The number of halogens is 1. The van der Waals surface area contributed by atoms with Gasteiger partial charge in [-0.2, -0.15) is 0 Å². The zero-order chi connectivity index (χ0) is 9.19. The molecule has 0 radical (unpaired) electrons. The monoisotopic (exact) mass is 166 g/mol. The Bertz CT molecular complexity index is 241. The smallest absolute Gasteiger partial charge is 0.109 e. The zero-order valence-corrected chi connectivity index (χ0v) is 7.89. The molecule has 0 fully saturated rings. The summed E-state index contributed by atoms with van der Waals surface area (Å²) >= 11 is 0. The summed E-state index contributed by atoms with van der Waals surface area (Å²) < 4.78 is 13.2. The van der Waals surface area contributed by atoms with Crippen LogP contribution in [0.5, 0.6) is 0 Å². The van der Waals surface area contributed by atoms with Crippen LogP contribution < -0.4 is 0 Å². The third-order valence-electron chi connectivity index (χ3n) is 1.75. The highest BCUT2D eigenvalue weighted by Gasteiger charge is 2.15. The lowest BCUT2D eigenvalue weighted by Crippen LogP contribution is -2.15. The van der Waals surface area contributed by atoms with E-state index in [1.54, 1.807) is 13.8 Å². The predicted molar refractivity (Wildman–Crippen MR) is 50.1 cm³/mol. The van der Waals surface area contributed by atoms with Gasteiger partial charge in [-0.1, -0.05) is 29.8 Å². The zero-order valence-electron chi connectivity index (χ0n) is 7.89. The second kappa shape index (κ2) is 3.26. The molecular formula is C11H15F. The minimum atomic E-state index is -1.10. The van der Waals surface area contributed by atoms with Crippen LogP contribution in [-0.2, 0) is 6.42 Å². The summed E-state index contributed by atoms with van der Waals surface area (Å²) in [7, 11) is 0. The van der Waals surface area contributed by atoms with Crippen LogP contribution >= 0.6 is 0 Å². The molecule has 0 heterocycles. The van der Waals surface area contributed by atoms with Gasteiger partial charge in [0.2, 0.25) is 0 Å². The van der Waals surface area contributed by atoms with E-state index >= 15 is 0 Å². The first-order valence-corrected chi connectivity index (χ1v) is 4.22. The number of hydrogen-bond donors (Lipinski definition) is 0. The van der Waals surface area contributed by atoms with Crippen LogP contribution in [0.15, 0.2) is 24.3 Å². The van der Waals surface area contributed by atoms with Crippen molar-refractivity contribution >= 4 is 0 Å². The summed E-state index contributed by atoms with van der Waals surface area (Å²) in [5.74, 6) is 0. The highest BCUT2D eigenvalue weighted by molar-refractivity contribution is 5.22. The lowest BCUT2D eigenvalue weighted by molar-refractivity contribution is 0.217. The van der Waals surface area contributed by atoms with Gasteiger partial charge in [0.1, 0.15) is 5.67 Å². The predicted octanol–water partition coefficient (Wildman–Crippen LogP) is 3.29. The van der Waals surface area contributed by atoms with Crippen LogP contribution in [0, 0.1) is 6.92 Å². The second-order valence-corrected chi connectivity index (χ2v) is 3.88. The Hall–Kier alpha value is -0.850. The molecule has 0 aliphatic carbocycles. The number of rotatable bonds is 2. The van der Waals surface area contributed by atoms with Crippen molar-refractivity contribution in [3.8, 4) is 0 Å². The van der Waals surface area contributed by atoms with Crippen LogP contribution in [0.3, 0.4) is 0 Å². The first-order chi connectivity index (χ1) is 5.47. The van der Waals surface area contributed by atoms with Crippen molar-refractivity contribution in [2.45, 2.75) is 32.9 Å². The van der Waals surface area contributed by atoms with Gasteiger partial charge in [0.25, 0.3) is 0 Å². The average molecular weight is 166 g/mol. The quantitative estimate of drug-likeness (QED) is 0.632. The highest BCUT2D eigenvalue weighted by atomic mass is 19.1. The SMILES string of the molecule is Cc1ccc(CC(C)(C)F)cc1. The van der Waals surface area contributed by atoms with Gasteiger partial charge in [0.05, 0.1) is 0 Å². The van der Waals surface area contributed by atoms with E-state index in [9.17, 15) is 4.39 Å². The molecule has 1 aromatic rings. The third-order valence-corrected chi connectivity index (χ3v) is 1.75. The second-order valence-electron chi connectivity index (χ2n) is 3.88. The van der Waals surface area contributed by atoms with Gasteiger partial charge in [-0.15, -0.1) is 0 Å². The van der Waals surface area contributed by atoms with Crippen molar-refractivity contribution < 1.29 is 4.39 Å². The fourth-order valence-corrected chi connectivity index (χ4v) is 1.19. The van der Waals surface area contributed by atoms with Crippen molar-refractivity contribution in [1.29, 1.82) is 0 Å². The molecule has 0 bridgehead atoms. The third kappa shape index (κ3) is 3.04. The first-order valence-electron chi connectivity index (χ1n) is 4.22. The molecular weight excluding hydrogens is 151 g/mol. The Kier molecular flexibility index (Phi) is 2.51.